The van der Waals surface area contributed by atoms with E-state index >= 15 is 0 Å². The van der Waals surface area contributed by atoms with Gasteiger partial charge < -0.3 is 10.5 Å². The van der Waals surface area contributed by atoms with Gasteiger partial charge >= 0.3 is 0 Å². The number of rotatable bonds is 3. The number of aryl methyl sites for hydroxylation is 2. The smallest absolute Gasteiger partial charge is 0.131 e. The zero-order chi connectivity index (χ0) is 19.1. The lowest BCUT2D eigenvalue weighted by Crippen LogP contribution is -2.04. The summed E-state index contributed by atoms with van der Waals surface area (Å²) in [5, 5.41) is 0. The molecule has 1 heterocycles. The Kier molecular flexibility index (Phi) is 4.43. The minimum Gasteiger partial charge on any atom is -0.492 e. The first-order valence-corrected chi connectivity index (χ1v) is 9.68. The number of fused-ring (bicyclic) bond motifs is 1. The molecule has 0 fully saturated rings. The van der Waals surface area contributed by atoms with Crippen molar-refractivity contribution < 1.29 is 4.74 Å². The molecule has 2 N–H and O–H groups in total. The highest BCUT2D eigenvalue weighted by molar-refractivity contribution is 5.79. The number of ether oxygens (including phenoxy) is 1. The molecule has 0 saturated carbocycles. The largest absolute Gasteiger partial charge is 0.492 e. The molecule has 1 aliphatic heterocycles. The van der Waals surface area contributed by atoms with Crippen LogP contribution < -0.4 is 10.5 Å². The number of nitrogens with two attached hydrogens (primary N) is 1. The van der Waals surface area contributed by atoms with E-state index in [9.17, 15) is 0 Å². The standard InChI is InChI=1S/C25H27NO/c1-15(2)18-8-10-19(11-9-18)22-14-27-25-23(16(3)12-17(4)24(22)25)20-6-5-7-21(26)13-20/h5-13,15,22H,14,26H2,1-4H3. The third kappa shape index (κ3) is 3.10. The van der Waals surface area contributed by atoms with Crippen molar-refractivity contribution in [3.8, 4) is 16.9 Å². The minimum absolute atomic E-state index is 0.279. The molecular weight excluding hydrogens is 330 g/mol. The highest BCUT2D eigenvalue weighted by Gasteiger charge is 2.31. The zero-order valence-electron chi connectivity index (χ0n) is 16.5. The Balaban J connectivity index is 1.83. The quantitative estimate of drug-likeness (QED) is 0.566. The summed E-state index contributed by atoms with van der Waals surface area (Å²) in [6.45, 7) is 9.50. The van der Waals surface area contributed by atoms with Crippen molar-refractivity contribution in [3.63, 3.8) is 0 Å². The van der Waals surface area contributed by atoms with Crippen LogP contribution in [0, 0.1) is 13.8 Å². The van der Waals surface area contributed by atoms with E-state index in [2.05, 4.69) is 64.1 Å². The predicted molar refractivity (Wildman–Crippen MR) is 114 cm³/mol. The van der Waals surface area contributed by atoms with Crippen molar-refractivity contribution in [2.24, 2.45) is 0 Å². The van der Waals surface area contributed by atoms with Crippen LogP contribution in [0.3, 0.4) is 0 Å². The molecule has 2 nitrogen and oxygen atoms in total. The number of benzene rings is 3. The fraction of sp³-hybridized carbons (Fsp3) is 0.280. The van der Waals surface area contributed by atoms with E-state index in [1.54, 1.807) is 0 Å². The summed E-state index contributed by atoms with van der Waals surface area (Å²) in [5.41, 5.74) is 15.6. The number of nitrogen functional groups attached to an aromatic ring is 1. The second-order valence-corrected chi connectivity index (χ2v) is 7.94. The molecule has 3 aromatic carbocycles. The van der Waals surface area contributed by atoms with E-state index in [1.165, 1.54) is 33.4 Å². The molecule has 1 atom stereocenters. The van der Waals surface area contributed by atoms with E-state index in [-0.39, 0.29) is 5.92 Å². The van der Waals surface area contributed by atoms with Crippen LogP contribution in [-0.4, -0.2) is 6.61 Å². The van der Waals surface area contributed by atoms with Crippen LogP contribution in [0.4, 0.5) is 5.69 Å². The maximum absolute atomic E-state index is 6.29. The summed E-state index contributed by atoms with van der Waals surface area (Å²) in [5.74, 6) is 1.85. The van der Waals surface area contributed by atoms with E-state index in [0.717, 1.165) is 17.0 Å². The van der Waals surface area contributed by atoms with E-state index < -0.39 is 0 Å². The Hall–Kier alpha value is -2.74. The van der Waals surface area contributed by atoms with Crippen LogP contribution in [0.1, 0.15) is 53.5 Å². The molecule has 0 saturated heterocycles. The number of hydrogen-bond acceptors (Lipinski definition) is 2. The van der Waals surface area contributed by atoms with Crippen molar-refractivity contribution in [3.05, 3.63) is 82.4 Å². The molecule has 0 bridgehead atoms. The van der Waals surface area contributed by atoms with Gasteiger partial charge in [-0.3, -0.25) is 0 Å². The number of anilines is 1. The third-order valence-electron chi connectivity index (χ3n) is 5.65. The first-order chi connectivity index (χ1) is 13.0. The molecule has 27 heavy (non-hydrogen) atoms. The summed E-state index contributed by atoms with van der Waals surface area (Å²) in [7, 11) is 0. The summed E-state index contributed by atoms with van der Waals surface area (Å²) >= 11 is 0. The molecule has 0 aromatic heterocycles. The lowest BCUT2D eigenvalue weighted by Gasteiger charge is -2.17. The highest BCUT2D eigenvalue weighted by Crippen LogP contribution is 2.47. The molecule has 2 heteroatoms. The van der Waals surface area contributed by atoms with Gasteiger partial charge in [0.2, 0.25) is 0 Å². The Bertz CT molecular complexity index is 986. The molecular formula is C25H27NO. The summed E-state index contributed by atoms with van der Waals surface area (Å²) < 4.78 is 6.29. The SMILES string of the molecule is Cc1cc(C)c2c(c1-c1cccc(N)c1)OCC2c1ccc(C(C)C)cc1. The van der Waals surface area contributed by atoms with Crippen LogP contribution in [0.25, 0.3) is 11.1 Å². The molecule has 1 unspecified atom stereocenters. The predicted octanol–water partition coefficient (Wildman–Crippen LogP) is 6.20. The molecule has 4 rings (SSSR count). The van der Waals surface area contributed by atoms with Crippen molar-refractivity contribution in [1.82, 2.24) is 0 Å². The minimum atomic E-state index is 0.279. The van der Waals surface area contributed by atoms with E-state index in [0.29, 0.717) is 12.5 Å². The van der Waals surface area contributed by atoms with Crippen LogP contribution in [0.15, 0.2) is 54.6 Å². The monoisotopic (exact) mass is 357 g/mol. The molecule has 3 aromatic rings. The molecule has 1 aliphatic rings. The van der Waals surface area contributed by atoms with Crippen molar-refractivity contribution in [2.45, 2.75) is 39.5 Å². The van der Waals surface area contributed by atoms with Crippen molar-refractivity contribution in [2.75, 3.05) is 12.3 Å². The Labute approximate surface area is 162 Å². The van der Waals surface area contributed by atoms with Crippen LogP contribution in [0.5, 0.6) is 5.75 Å². The van der Waals surface area contributed by atoms with E-state index in [1.807, 2.05) is 18.2 Å². The molecule has 0 aliphatic carbocycles. The van der Waals surface area contributed by atoms with Crippen LogP contribution >= 0.6 is 0 Å². The Morgan fingerprint density at radius 2 is 1.70 bits per heavy atom. The van der Waals surface area contributed by atoms with Gasteiger partial charge in [0, 0.05) is 22.7 Å². The molecule has 138 valence electrons. The Morgan fingerprint density at radius 1 is 0.963 bits per heavy atom. The average molecular weight is 357 g/mol. The van der Waals surface area contributed by atoms with Gasteiger partial charge in [-0.25, -0.2) is 0 Å². The van der Waals surface area contributed by atoms with Gasteiger partial charge in [0.1, 0.15) is 5.75 Å². The van der Waals surface area contributed by atoms with Gasteiger partial charge in [0.25, 0.3) is 0 Å². The van der Waals surface area contributed by atoms with Gasteiger partial charge in [-0.1, -0.05) is 56.3 Å². The topological polar surface area (TPSA) is 35.2 Å². The summed E-state index contributed by atoms with van der Waals surface area (Å²) in [4.78, 5) is 0. The van der Waals surface area contributed by atoms with E-state index in [4.69, 9.17) is 10.5 Å². The third-order valence-corrected chi connectivity index (χ3v) is 5.65. The first-order valence-electron chi connectivity index (χ1n) is 9.68. The fourth-order valence-electron chi connectivity index (χ4n) is 4.23. The highest BCUT2D eigenvalue weighted by atomic mass is 16.5. The molecule has 0 radical (unpaired) electrons. The summed E-state index contributed by atoms with van der Waals surface area (Å²) in [6, 6.07) is 19.4. The van der Waals surface area contributed by atoms with Crippen LogP contribution in [-0.2, 0) is 0 Å². The van der Waals surface area contributed by atoms with Gasteiger partial charge in [-0.05, 0) is 59.7 Å². The molecule has 0 amide bonds. The second-order valence-electron chi connectivity index (χ2n) is 7.94. The van der Waals surface area contributed by atoms with Crippen LogP contribution in [0.2, 0.25) is 0 Å². The van der Waals surface area contributed by atoms with Gasteiger partial charge in [0.05, 0.1) is 6.61 Å². The summed E-state index contributed by atoms with van der Waals surface area (Å²) in [6.07, 6.45) is 0. The maximum atomic E-state index is 6.29. The van der Waals surface area contributed by atoms with Gasteiger partial charge in [-0.2, -0.15) is 0 Å². The maximum Gasteiger partial charge on any atom is 0.131 e. The molecule has 0 spiro atoms. The lowest BCUT2D eigenvalue weighted by atomic mass is 9.85. The fourth-order valence-corrected chi connectivity index (χ4v) is 4.23. The van der Waals surface area contributed by atoms with Gasteiger partial charge in [-0.15, -0.1) is 0 Å². The van der Waals surface area contributed by atoms with Crippen molar-refractivity contribution in [1.29, 1.82) is 0 Å². The van der Waals surface area contributed by atoms with Gasteiger partial charge in [0.15, 0.2) is 0 Å². The second kappa shape index (κ2) is 6.77. The average Bonchev–Trinajstić information content (AvgIpc) is 3.07. The normalized spacial score (nSPS) is 15.7. The zero-order valence-corrected chi connectivity index (χ0v) is 16.5. The lowest BCUT2D eigenvalue weighted by molar-refractivity contribution is 0.344. The number of hydrogen-bond donors (Lipinski definition) is 1. The Morgan fingerprint density at radius 3 is 2.37 bits per heavy atom. The van der Waals surface area contributed by atoms with Crippen molar-refractivity contribution >= 4 is 5.69 Å². The first kappa shape index (κ1) is 17.7.